The van der Waals surface area contributed by atoms with Crippen LogP contribution in [-0.4, -0.2) is 37.0 Å². The van der Waals surface area contributed by atoms with Gasteiger partial charge in [-0.25, -0.2) is 0 Å². The van der Waals surface area contributed by atoms with Crippen molar-refractivity contribution in [3.05, 3.63) is 62.2 Å². The average Bonchev–Trinajstić information content (AvgIpc) is 3.18. The number of hydrogen-bond acceptors (Lipinski definition) is 0. The zero-order valence-electron chi connectivity index (χ0n) is 14.6. The first kappa shape index (κ1) is 19.2. The predicted molar refractivity (Wildman–Crippen MR) is 105 cm³/mol. The zero-order valence-corrected chi connectivity index (χ0v) is 16.4. The lowest BCUT2D eigenvalue weighted by Gasteiger charge is -2.31. The van der Waals surface area contributed by atoms with E-state index in [2.05, 4.69) is 66.2 Å². The van der Waals surface area contributed by atoms with Gasteiger partial charge in [-0.2, -0.15) is 0 Å². The van der Waals surface area contributed by atoms with Crippen molar-refractivity contribution in [3.8, 4) is 0 Å². The van der Waals surface area contributed by atoms with E-state index in [4.69, 9.17) is 0 Å². The Morgan fingerprint density at radius 2 is 0.955 bits per heavy atom. The summed E-state index contributed by atoms with van der Waals surface area (Å²) in [6.07, 6.45) is 21.9. The molecule has 120 valence electrons. The Morgan fingerprint density at radius 1 is 0.591 bits per heavy atom. The van der Waals surface area contributed by atoms with Crippen LogP contribution < -0.4 is 0 Å². The molecule has 0 nitrogen and oxygen atoms in total. The molecular formula is C20H30P2. The van der Waals surface area contributed by atoms with Crippen LogP contribution in [0, 0.1) is 62.2 Å². The second kappa shape index (κ2) is 9.99. The summed E-state index contributed by atoms with van der Waals surface area (Å²) in [5, 5.41) is 0. The average molecular weight is 332 g/mol. The Labute approximate surface area is 143 Å². The highest BCUT2D eigenvalue weighted by Crippen LogP contribution is 2.55. The molecule has 0 amide bonds. The fourth-order valence-electron chi connectivity index (χ4n) is 3.09. The van der Waals surface area contributed by atoms with Crippen LogP contribution in [0.4, 0.5) is 0 Å². The minimum absolute atomic E-state index is 0.173. The van der Waals surface area contributed by atoms with Gasteiger partial charge >= 0.3 is 0 Å². The van der Waals surface area contributed by atoms with Gasteiger partial charge in [-0.1, -0.05) is 27.7 Å². The molecule has 0 bridgehead atoms. The van der Waals surface area contributed by atoms with Crippen molar-refractivity contribution < 1.29 is 0 Å². The smallest absolute Gasteiger partial charge is 0.00530 e. The fraction of sp³-hybridized carbons (Fsp3) is 0.500. The van der Waals surface area contributed by atoms with E-state index in [-0.39, 0.29) is 15.8 Å². The highest BCUT2D eigenvalue weighted by atomic mass is 31.1. The minimum Gasteiger partial charge on any atom is -0.107 e. The predicted octanol–water partition coefficient (Wildman–Crippen LogP) is 5.58. The van der Waals surface area contributed by atoms with Gasteiger partial charge in [0.25, 0.3) is 0 Å². The van der Waals surface area contributed by atoms with Crippen LogP contribution in [0.5, 0.6) is 0 Å². The van der Waals surface area contributed by atoms with Gasteiger partial charge in [0.1, 0.15) is 0 Å². The van der Waals surface area contributed by atoms with Crippen LogP contribution in [0.2, 0.25) is 0 Å². The van der Waals surface area contributed by atoms with Crippen LogP contribution in [0.1, 0.15) is 27.7 Å². The van der Waals surface area contributed by atoms with Crippen molar-refractivity contribution in [2.75, 3.05) is 37.0 Å². The molecule has 0 aromatic heterocycles. The van der Waals surface area contributed by atoms with Gasteiger partial charge in [0.2, 0.25) is 0 Å². The van der Waals surface area contributed by atoms with E-state index in [1.54, 1.807) is 11.8 Å². The standard InChI is InChI=1S/C20H30P2/c1-5-21(6-2)15-17-11-9-13-19(17)20-14-10-12-18(20)16-22(7-3)8-4/h9-14H,5-8,15-16H2,1-4H3. The van der Waals surface area contributed by atoms with Gasteiger partial charge in [-0.15, -0.1) is 15.8 Å². The number of rotatable bonds is 9. The van der Waals surface area contributed by atoms with Crippen molar-refractivity contribution in [1.82, 2.24) is 0 Å². The molecule has 0 atom stereocenters. The Bertz CT molecular complexity index is 266. The van der Waals surface area contributed by atoms with Gasteiger partial charge in [0.05, 0.1) is 0 Å². The zero-order chi connectivity index (χ0) is 15.9. The Morgan fingerprint density at radius 3 is 1.27 bits per heavy atom. The first-order chi connectivity index (χ1) is 10.7. The summed E-state index contributed by atoms with van der Waals surface area (Å²) in [6, 6.07) is 0. The molecule has 2 rings (SSSR count). The van der Waals surface area contributed by atoms with Crippen LogP contribution in [0.15, 0.2) is 0 Å². The van der Waals surface area contributed by atoms with Crippen molar-refractivity contribution in [2.45, 2.75) is 27.7 Å². The summed E-state index contributed by atoms with van der Waals surface area (Å²) in [5.74, 6) is 6.19. The molecule has 0 aromatic carbocycles. The summed E-state index contributed by atoms with van der Waals surface area (Å²) in [6.45, 7) is 9.39. The SMILES string of the molecule is CCP(CC)C[C]1[CH][CH][CH][C]1[C]1[CH][CH][CH][C]1CP(CC)CC. The molecule has 2 fully saturated rings. The lowest BCUT2D eigenvalue weighted by Crippen LogP contribution is -2.21. The van der Waals surface area contributed by atoms with E-state index in [1.165, 1.54) is 48.8 Å². The Hall–Kier alpha value is 0.860. The topological polar surface area (TPSA) is 0 Å². The molecule has 2 aliphatic carbocycles. The second-order valence-electron chi connectivity index (χ2n) is 5.85. The maximum Gasteiger partial charge on any atom is -0.00530 e. The molecule has 2 saturated carbocycles. The maximum atomic E-state index is 2.36. The molecule has 0 spiro atoms. The first-order valence-corrected chi connectivity index (χ1v) is 12.5. The van der Waals surface area contributed by atoms with Crippen molar-refractivity contribution in [2.24, 2.45) is 0 Å². The molecule has 22 heavy (non-hydrogen) atoms. The molecule has 0 heterocycles. The third kappa shape index (κ3) is 4.93. The molecule has 0 N–H and O–H groups in total. The lowest BCUT2D eigenvalue weighted by molar-refractivity contribution is 0.965. The minimum atomic E-state index is 0.173. The molecular weight excluding hydrogens is 302 g/mol. The molecule has 0 unspecified atom stereocenters. The lowest BCUT2D eigenvalue weighted by atomic mass is 9.79. The van der Waals surface area contributed by atoms with Gasteiger partial charge < -0.3 is 0 Å². The quantitative estimate of drug-likeness (QED) is 0.483. The Kier molecular flexibility index (Phi) is 8.71. The third-order valence-corrected chi connectivity index (χ3v) is 9.83. The van der Waals surface area contributed by atoms with Gasteiger partial charge in [-0.05, 0) is 99.2 Å². The van der Waals surface area contributed by atoms with Crippen molar-refractivity contribution >= 4 is 15.8 Å². The van der Waals surface area contributed by atoms with Crippen molar-refractivity contribution in [3.63, 3.8) is 0 Å². The second-order valence-corrected chi connectivity index (χ2v) is 11.7. The highest BCUT2D eigenvalue weighted by molar-refractivity contribution is 7.58. The molecule has 0 aromatic rings. The third-order valence-electron chi connectivity index (χ3n) is 4.68. The van der Waals surface area contributed by atoms with E-state index in [0.717, 1.165) is 0 Å². The monoisotopic (exact) mass is 332 g/mol. The van der Waals surface area contributed by atoms with E-state index in [0.29, 0.717) is 0 Å². The summed E-state index contributed by atoms with van der Waals surface area (Å²) in [4.78, 5) is 0. The van der Waals surface area contributed by atoms with E-state index < -0.39 is 0 Å². The van der Waals surface area contributed by atoms with E-state index >= 15 is 0 Å². The van der Waals surface area contributed by atoms with Crippen LogP contribution in [-0.2, 0) is 0 Å². The molecule has 10 radical (unpaired) electrons. The van der Waals surface area contributed by atoms with Gasteiger partial charge in [-0.3, -0.25) is 0 Å². The fourth-order valence-corrected chi connectivity index (χ4v) is 6.40. The maximum absolute atomic E-state index is 2.36. The van der Waals surface area contributed by atoms with Crippen molar-refractivity contribution in [1.29, 1.82) is 0 Å². The summed E-state index contributed by atoms with van der Waals surface area (Å²) in [5.41, 5.74) is 0. The van der Waals surface area contributed by atoms with E-state index in [9.17, 15) is 0 Å². The molecule has 2 aliphatic rings. The van der Waals surface area contributed by atoms with Gasteiger partial charge in [0.15, 0.2) is 0 Å². The highest BCUT2D eigenvalue weighted by Gasteiger charge is 2.42. The van der Waals surface area contributed by atoms with Crippen LogP contribution in [0.3, 0.4) is 0 Å². The summed E-state index contributed by atoms with van der Waals surface area (Å²) >= 11 is 0. The molecule has 0 aliphatic heterocycles. The Balaban J connectivity index is 1.95. The van der Waals surface area contributed by atoms with Crippen LogP contribution in [0.25, 0.3) is 0 Å². The normalized spacial score (nSPS) is 22.6. The van der Waals surface area contributed by atoms with Gasteiger partial charge in [0, 0.05) is 0 Å². The largest absolute Gasteiger partial charge is 0.107 e. The number of hydrogen-bond donors (Lipinski definition) is 0. The van der Waals surface area contributed by atoms with Crippen LogP contribution >= 0.6 is 15.8 Å². The summed E-state index contributed by atoms with van der Waals surface area (Å²) in [7, 11) is 0.345. The van der Waals surface area contributed by atoms with E-state index in [1.807, 2.05) is 0 Å². The first-order valence-electron chi connectivity index (χ1n) is 8.67. The molecule has 2 heteroatoms. The summed E-state index contributed by atoms with van der Waals surface area (Å²) < 4.78 is 0. The molecule has 0 saturated heterocycles.